The molecule has 29 heavy (non-hydrogen) atoms. The van der Waals surface area contributed by atoms with E-state index in [4.69, 9.17) is 15.2 Å². The number of aliphatic hydroxyl groups excluding tert-OH is 1. The molecule has 0 aromatic heterocycles. The van der Waals surface area contributed by atoms with Crippen molar-refractivity contribution in [3.05, 3.63) is 95.6 Å². The quantitative estimate of drug-likeness (QED) is 0.677. The maximum absolute atomic E-state index is 11.2. The van der Waals surface area contributed by atoms with Gasteiger partial charge in [0.2, 0.25) is 0 Å². The van der Waals surface area contributed by atoms with Crippen molar-refractivity contribution >= 4 is 0 Å². The maximum Gasteiger partial charge on any atom is 0.139 e. The van der Waals surface area contributed by atoms with E-state index >= 15 is 0 Å². The van der Waals surface area contributed by atoms with Crippen molar-refractivity contribution in [2.24, 2.45) is 11.7 Å². The van der Waals surface area contributed by atoms with Crippen molar-refractivity contribution in [1.29, 1.82) is 0 Å². The predicted molar refractivity (Wildman–Crippen MR) is 114 cm³/mol. The SMILES string of the molecule is COc1ccc(CCC2C(O)c3ccccc3OC(c3ccccc3)C2N)cc1. The first-order valence-corrected chi connectivity index (χ1v) is 10.0. The number of aryl methyl sites for hydroxylation is 1. The lowest BCUT2D eigenvalue weighted by Gasteiger charge is -2.30. The van der Waals surface area contributed by atoms with Crippen LogP contribution in [0.1, 0.15) is 35.3 Å². The second-order valence-electron chi connectivity index (χ2n) is 7.56. The molecule has 1 aliphatic rings. The third-order valence-electron chi connectivity index (χ3n) is 5.79. The van der Waals surface area contributed by atoms with Gasteiger partial charge in [-0.3, -0.25) is 0 Å². The van der Waals surface area contributed by atoms with Gasteiger partial charge >= 0.3 is 0 Å². The van der Waals surface area contributed by atoms with E-state index in [1.54, 1.807) is 7.11 Å². The predicted octanol–water partition coefficient (Wildman–Crippen LogP) is 4.44. The Morgan fingerprint density at radius 1 is 0.931 bits per heavy atom. The lowest BCUT2D eigenvalue weighted by Crippen LogP contribution is -2.40. The van der Waals surface area contributed by atoms with Crippen molar-refractivity contribution in [2.75, 3.05) is 7.11 Å². The van der Waals surface area contributed by atoms with Crippen molar-refractivity contribution in [2.45, 2.75) is 31.1 Å². The van der Waals surface area contributed by atoms with Crippen LogP contribution >= 0.6 is 0 Å². The summed E-state index contributed by atoms with van der Waals surface area (Å²) in [5.74, 6) is 1.41. The van der Waals surface area contributed by atoms with Gasteiger partial charge in [-0.2, -0.15) is 0 Å². The summed E-state index contributed by atoms with van der Waals surface area (Å²) in [6.45, 7) is 0. The zero-order valence-corrected chi connectivity index (χ0v) is 16.6. The van der Waals surface area contributed by atoms with Crippen molar-refractivity contribution in [3.8, 4) is 11.5 Å². The largest absolute Gasteiger partial charge is 0.497 e. The lowest BCUT2D eigenvalue weighted by molar-refractivity contribution is 0.0673. The van der Waals surface area contributed by atoms with E-state index in [0.717, 1.165) is 29.7 Å². The number of aliphatic hydroxyl groups is 1. The number of nitrogens with two attached hydrogens (primary N) is 1. The van der Waals surface area contributed by atoms with Gasteiger partial charge < -0.3 is 20.3 Å². The van der Waals surface area contributed by atoms with Crippen molar-refractivity contribution in [3.63, 3.8) is 0 Å². The first kappa shape index (κ1) is 19.5. The molecule has 4 atom stereocenters. The molecule has 4 rings (SSSR count). The minimum absolute atomic E-state index is 0.133. The average Bonchev–Trinajstić information content (AvgIpc) is 2.88. The molecule has 4 heteroatoms. The Labute approximate surface area is 171 Å². The topological polar surface area (TPSA) is 64.7 Å². The number of benzene rings is 3. The van der Waals surface area contributed by atoms with E-state index in [9.17, 15) is 5.11 Å². The van der Waals surface area contributed by atoms with E-state index in [1.165, 1.54) is 5.56 Å². The summed E-state index contributed by atoms with van der Waals surface area (Å²) >= 11 is 0. The van der Waals surface area contributed by atoms with Crippen LogP contribution in [0.15, 0.2) is 78.9 Å². The molecule has 3 aromatic carbocycles. The van der Waals surface area contributed by atoms with Gasteiger partial charge in [0.05, 0.1) is 19.3 Å². The highest BCUT2D eigenvalue weighted by Gasteiger charge is 2.38. The monoisotopic (exact) mass is 389 g/mol. The van der Waals surface area contributed by atoms with Gasteiger partial charge in [-0.25, -0.2) is 0 Å². The Bertz CT molecular complexity index is 926. The highest BCUT2D eigenvalue weighted by Crippen LogP contribution is 2.42. The van der Waals surface area contributed by atoms with Gasteiger partial charge in [0.1, 0.15) is 17.6 Å². The zero-order chi connectivity index (χ0) is 20.2. The van der Waals surface area contributed by atoms with Crippen LogP contribution in [-0.2, 0) is 6.42 Å². The van der Waals surface area contributed by atoms with Crippen LogP contribution in [0, 0.1) is 5.92 Å². The maximum atomic E-state index is 11.2. The Hall–Kier alpha value is -2.82. The molecule has 1 heterocycles. The standard InChI is InChI=1S/C25H27NO3/c1-28-19-14-11-17(12-15-19)13-16-21-23(26)25(18-7-3-2-4-8-18)29-22-10-6-5-9-20(22)24(21)27/h2-12,14-15,21,23-25,27H,13,16,26H2,1H3. The summed E-state index contributed by atoms with van der Waals surface area (Å²) in [6, 6.07) is 25.4. The summed E-state index contributed by atoms with van der Waals surface area (Å²) in [4.78, 5) is 0. The summed E-state index contributed by atoms with van der Waals surface area (Å²) in [5, 5.41) is 11.2. The molecule has 150 valence electrons. The molecule has 0 radical (unpaired) electrons. The number of methoxy groups -OCH3 is 1. The summed E-state index contributed by atoms with van der Waals surface area (Å²) < 4.78 is 11.6. The van der Waals surface area contributed by atoms with Gasteiger partial charge in [-0.15, -0.1) is 0 Å². The van der Waals surface area contributed by atoms with E-state index in [0.29, 0.717) is 5.75 Å². The Kier molecular flexibility index (Phi) is 5.84. The fourth-order valence-corrected chi connectivity index (χ4v) is 4.12. The molecular weight excluding hydrogens is 362 g/mol. The number of para-hydroxylation sites is 1. The smallest absolute Gasteiger partial charge is 0.139 e. The number of ether oxygens (including phenoxy) is 2. The molecule has 0 spiro atoms. The molecule has 0 fully saturated rings. The number of fused-ring (bicyclic) bond motifs is 1. The number of rotatable bonds is 5. The van der Waals surface area contributed by atoms with Gasteiger partial charge in [-0.1, -0.05) is 60.7 Å². The van der Waals surface area contributed by atoms with Gasteiger partial charge in [-0.05, 0) is 42.2 Å². The molecule has 0 saturated carbocycles. The fourth-order valence-electron chi connectivity index (χ4n) is 4.12. The number of hydrogen-bond donors (Lipinski definition) is 2. The van der Waals surface area contributed by atoms with E-state index < -0.39 is 6.10 Å². The minimum atomic E-state index is -0.673. The van der Waals surface area contributed by atoms with Gasteiger partial charge in [0.25, 0.3) is 0 Å². The zero-order valence-electron chi connectivity index (χ0n) is 16.6. The van der Waals surface area contributed by atoms with Gasteiger partial charge in [0.15, 0.2) is 0 Å². The normalized spacial score (nSPS) is 23.6. The molecule has 0 aliphatic carbocycles. The first-order chi connectivity index (χ1) is 14.2. The highest BCUT2D eigenvalue weighted by atomic mass is 16.5. The third-order valence-corrected chi connectivity index (χ3v) is 5.79. The molecule has 3 N–H and O–H groups in total. The Morgan fingerprint density at radius 3 is 2.34 bits per heavy atom. The average molecular weight is 389 g/mol. The van der Waals surface area contributed by atoms with Gasteiger partial charge in [0, 0.05) is 11.5 Å². The van der Waals surface area contributed by atoms with Crippen LogP contribution in [0.2, 0.25) is 0 Å². The summed E-state index contributed by atoms with van der Waals surface area (Å²) in [6.07, 6.45) is 0.599. The van der Waals surface area contributed by atoms with E-state index in [2.05, 4.69) is 12.1 Å². The van der Waals surface area contributed by atoms with E-state index in [1.807, 2.05) is 66.7 Å². The van der Waals surface area contributed by atoms with Crippen molar-refractivity contribution < 1.29 is 14.6 Å². The van der Waals surface area contributed by atoms with Crippen LogP contribution in [-0.4, -0.2) is 18.3 Å². The van der Waals surface area contributed by atoms with Crippen LogP contribution in [0.25, 0.3) is 0 Å². The van der Waals surface area contributed by atoms with Crippen molar-refractivity contribution in [1.82, 2.24) is 0 Å². The molecule has 4 unspecified atom stereocenters. The number of hydrogen-bond acceptors (Lipinski definition) is 4. The summed E-state index contributed by atoms with van der Waals surface area (Å²) in [5.41, 5.74) is 9.76. The molecule has 0 saturated heterocycles. The van der Waals surface area contributed by atoms with Crippen LogP contribution in [0.3, 0.4) is 0 Å². The minimum Gasteiger partial charge on any atom is -0.497 e. The lowest BCUT2D eigenvalue weighted by atomic mass is 9.82. The first-order valence-electron chi connectivity index (χ1n) is 10.0. The Morgan fingerprint density at radius 2 is 1.62 bits per heavy atom. The van der Waals surface area contributed by atoms with Crippen LogP contribution in [0.4, 0.5) is 0 Å². The molecule has 4 nitrogen and oxygen atoms in total. The van der Waals surface area contributed by atoms with E-state index in [-0.39, 0.29) is 18.1 Å². The second kappa shape index (κ2) is 8.68. The second-order valence-corrected chi connectivity index (χ2v) is 7.56. The molecule has 0 amide bonds. The highest BCUT2D eigenvalue weighted by molar-refractivity contribution is 5.38. The molecule has 1 aliphatic heterocycles. The summed E-state index contributed by atoms with van der Waals surface area (Å²) in [7, 11) is 1.66. The van der Waals surface area contributed by atoms with Crippen LogP contribution in [0.5, 0.6) is 11.5 Å². The van der Waals surface area contributed by atoms with Crippen LogP contribution < -0.4 is 15.2 Å². The molecular formula is C25H27NO3. The third kappa shape index (κ3) is 4.14. The fraction of sp³-hybridized carbons (Fsp3) is 0.280. The molecule has 0 bridgehead atoms. The Balaban J connectivity index is 1.63. The molecule has 3 aromatic rings.